The molecule has 2 aromatic carbocycles. The van der Waals surface area contributed by atoms with E-state index >= 15 is 0 Å². The number of hydrogen-bond acceptors (Lipinski definition) is 6. The highest BCUT2D eigenvalue weighted by Gasteiger charge is 2.18. The van der Waals surface area contributed by atoms with E-state index in [0.717, 1.165) is 22.5 Å². The summed E-state index contributed by atoms with van der Waals surface area (Å²) in [5, 5.41) is 7.04. The van der Waals surface area contributed by atoms with Crippen LogP contribution < -0.4 is 5.32 Å². The first-order valence-electron chi connectivity index (χ1n) is 9.83. The van der Waals surface area contributed by atoms with Gasteiger partial charge in [-0.3, -0.25) is 4.79 Å². The van der Waals surface area contributed by atoms with Gasteiger partial charge in [0.25, 0.3) is 11.8 Å². The number of para-hydroxylation sites is 1. The molecule has 0 fully saturated rings. The number of rotatable bonds is 4. The third-order valence-electron chi connectivity index (χ3n) is 5.04. The van der Waals surface area contributed by atoms with E-state index in [1.54, 1.807) is 12.1 Å². The summed E-state index contributed by atoms with van der Waals surface area (Å²) in [7, 11) is 0. The predicted molar refractivity (Wildman–Crippen MR) is 116 cm³/mol. The van der Waals surface area contributed by atoms with Gasteiger partial charge in [0.05, 0.1) is 33.7 Å². The molecule has 0 spiro atoms. The summed E-state index contributed by atoms with van der Waals surface area (Å²) in [6, 6.07) is 11.0. The van der Waals surface area contributed by atoms with Gasteiger partial charge >= 0.3 is 0 Å². The first-order chi connectivity index (χ1) is 14.3. The van der Waals surface area contributed by atoms with Crippen LogP contribution in [0.25, 0.3) is 22.5 Å². The number of nitrogens with zero attached hydrogens (tertiary/aromatic N) is 4. The normalized spacial score (nSPS) is 11.3. The molecule has 4 aromatic rings. The van der Waals surface area contributed by atoms with Crippen LogP contribution >= 0.6 is 0 Å². The van der Waals surface area contributed by atoms with Gasteiger partial charge in [-0.25, -0.2) is 9.97 Å². The second-order valence-electron chi connectivity index (χ2n) is 7.66. The fourth-order valence-corrected chi connectivity index (χ4v) is 3.15. The van der Waals surface area contributed by atoms with Crippen LogP contribution in [-0.2, 0) is 0 Å². The molecule has 7 nitrogen and oxygen atoms in total. The summed E-state index contributed by atoms with van der Waals surface area (Å²) < 4.78 is 5.45. The minimum absolute atomic E-state index is 0.149. The van der Waals surface area contributed by atoms with Gasteiger partial charge in [-0.05, 0) is 50.6 Å². The molecular formula is C23H23N5O2. The average Bonchev–Trinajstić information content (AvgIpc) is 3.20. The molecule has 0 unspecified atom stereocenters. The molecule has 2 heterocycles. The molecule has 1 N–H and O–H groups in total. The smallest absolute Gasteiger partial charge is 0.260 e. The van der Waals surface area contributed by atoms with Crippen molar-refractivity contribution in [2.24, 2.45) is 0 Å². The number of carbonyl (C=O) groups is 1. The topological polar surface area (TPSA) is 93.8 Å². The van der Waals surface area contributed by atoms with Crippen molar-refractivity contribution in [3.8, 4) is 11.5 Å². The SMILES string of the molecule is Cc1cccc(-c2nc(C(C)C)no2)c1NC(=O)c1ccc2nc(C)c(C)nc2c1. The summed E-state index contributed by atoms with van der Waals surface area (Å²) in [6.45, 7) is 9.75. The Hall–Kier alpha value is -3.61. The molecule has 152 valence electrons. The van der Waals surface area contributed by atoms with E-state index in [1.807, 2.05) is 58.9 Å². The number of benzene rings is 2. The lowest BCUT2D eigenvalue weighted by Gasteiger charge is -2.12. The molecule has 7 heteroatoms. The van der Waals surface area contributed by atoms with Gasteiger partial charge in [0.1, 0.15) is 0 Å². The highest BCUT2D eigenvalue weighted by molar-refractivity contribution is 6.07. The Balaban J connectivity index is 1.69. The van der Waals surface area contributed by atoms with E-state index in [2.05, 4.69) is 25.4 Å². The van der Waals surface area contributed by atoms with Gasteiger partial charge in [0.2, 0.25) is 0 Å². The van der Waals surface area contributed by atoms with E-state index in [1.165, 1.54) is 0 Å². The van der Waals surface area contributed by atoms with Crippen LogP contribution in [-0.4, -0.2) is 26.0 Å². The maximum Gasteiger partial charge on any atom is 0.260 e. The van der Waals surface area contributed by atoms with Gasteiger partial charge in [-0.2, -0.15) is 4.98 Å². The third kappa shape index (κ3) is 3.66. The van der Waals surface area contributed by atoms with Gasteiger partial charge < -0.3 is 9.84 Å². The molecule has 0 saturated heterocycles. The van der Waals surface area contributed by atoms with Crippen molar-refractivity contribution in [2.45, 2.75) is 40.5 Å². The highest BCUT2D eigenvalue weighted by Crippen LogP contribution is 2.31. The lowest BCUT2D eigenvalue weighted by Crippen LogP contribution is -2.14. The van der Waals surface area contributed by atoms with Crippen LogP contribution in [0.1, 0.15) is 52.9 Å². The second kappa shape index (κ2) is 7.67. The minimum Gasteiger partial charge on any atom is -0.334 e. The van der Waals surface area contributed by atoms with Crippen LogP contribution in [0.2, 0.25) is 0 Å². The zero-order valence-electron chi connectivity index (χ0n) is 17.6. The number of nitrogens with one attached hydrogen (secondary N) is 1. The van der Waals surface area contributed by atoms with Gasteiger partial charge in [0, 0.05) is 11.5 Å². The van der Waals surface area contributed by atoms with Crippen LogP contribution in [0.4, 0.5) is 5.69 Å². The third-order valence-corrected chi connectivity index (χ3v) is 5.04. The first-order valence-corrected chi connectivity index (χ1v) is 9.83. The minimum atomic E-state index is -0.240. The molecule has 4 rings (SSSR count). The molecular weight excluding hydrogens is 378 g/mol. The van der Waals surface area contributed by atoms with E-state index in [-0.39, 0.29) is 11.8 Å². The van der Waals surface area contributed by atoms with Crippen molar-refractivity contribution >= 4 is 22.6 Å². The first kappa shape index (κ1) is 19.7. The molecule has 0 aliphatic heterocycles. The quantitative estimate of drug-likeness (QED) is 0.518. The van der Waals surface area contributed by atoms with Crippen molar-refractivity contribution in [3.63, 3.8) is 0 Å². The molecule has 0 atom stereocenters. The standard InChI is InChI=1S/C23H23N5O2/c1-12(2)21-27-23(30-28-21)17-8-6-7-13(3)20(17)26-22(29)16-9-10-18-19(11-16)25-15(5)14(4)24-18/h6-12H,1-5H3,(H,26,29). The maximum atomic E-state index is 13.0. The van der Waals surface area contributed by atoms with Crippen molar-refractivity contribution in [3.05, 3.63) is 64.7 Å². The summed E-state index contributed by atoms with van der Waals surface area (Å²) in [6.07, 6.45) is 0. The van der Waals surface area contributed by atoms with E-state index in [4.69, 9.17) is 4.52 Å². The second-order valence-corrected chi connectivity index (χ2v) is 7.66. The largest absolute Gasteiger partial charge is 0.334 e. The van der Waals surface area contributed by atoms with Crippen LogP contribution in [0.5, 0.6) is 0 Å². The Morgan fingerprint density at radius 1 is 0.967 bits per heavy atom. The Morgan fingerprint density at radius 2 is 1.70 bits per heavy atom. The van der Waals surface area contributed by atoms with Crippen LogP contribution in [0, 0.1) is 20.8 Å². The fourth-order valence-electron chi connectivity index (χ4n) is 3.15. The number of hydrogen-bond donors (Lipinski definition) is 1. The van der Waals surface area contributed by atoms with Crippen LogP contribution in [0.3, 0.4) is 0 Å². The van der Waals surface area contributed by atoms with E-state index in [9.17, 15) is 4.79 Å². The van der Waals surface area contributed by atoms with Gasteiger partial charge in [-0.15, -0.1) is 0 Å². The monoisotopic (exact) mass is 401 g/mol. The van der Waals surface area contributed by atoms with E-state index < -0.39 is 0 Å². The van der Waals surface area contributed by atoms with Crippen molar-refractivity contribution in [1.82, 2.24) is 20.1 Å². The van der Waals surface area contributed by atoms with Gasteiger partial charge in [0.15, 0.2) is 5.82 Å². The Kier molecular flexibility index (Phi) is 5.03. The number of fused-ring (bicyclic) bond motifs is 1. The summed E-state index contributed by atoms with van der Waals surface area (Å²) in [5.74, 6) is 0.919. The Morgan fingerprint density at radius 3 is 2.40 bits per heavy atom. The zero-order chi connectivity index (χ0) is 21.4. The summed E-state index contributed by atoms with van der Waals surface area (Å²) >= 11 is 0. The average molecular weight is 401 g/mol. The van der Waals surface area contributed by atoms with Crippen molar-refractivity contribution in [1.29, 1.82) is 0 Å². The number of aromatic nitrogens is 4. The molecule has 2 aromatic heterocycles. The van der Waals surface area contributed by atoms with E-state index in [0.29, 0.717) is 34.0 Å². The fraction of sp³-hybridized carbons (Fsp3) is 0.261. The lowest BCUT2D eigenvalue weighted by atomic mass is 10.1. The maximum absolute atomic E-state index is 13.0. The molecule has 0 bridgehead atoms. The molecule has 1 amide bonds. The Labute approximate surface area is 174 Å². The van der Waals surface area contributed by atoms with Gasteiger partial charge in [-0.1, -0.05) is 31.1 Å². The number of carbonyl (C=O) groups excluding carboxylic acids is 1. The molecule has 30 heavy (non-hydrogen) atoms. The summed E-state index contributed by atoms with van der Waals surface area (Å²) in [5.41, 5.74) is 5.91. The number of amides is 1. The van der Waals surface area contributed by atoms with Crippen molar-refractivity contribution in [2.75, 3.05) is 5.32 Å². The molecule has 0 radical (unpaired) electrons. The molecule has 0 aliphatic rings. The Bertz CT molecular complexity index is 1260. The zero-order valence-corrected chi connectivity index (χ0v) is 17.6. The van der Waals surface area contributed by atoms with Crippen LogP contribution in [0.15, 0.2) is 40.9 Å². The highest BCUT2D eigenvalue weighted by atomic mass is 16.5. The number of anilines is 1. The lowest BCUT2D eigenvalue weighted by molar-refractivity contribution is 0.102. The van der Waals surface area contributed by atoms with Crippen molar-refractivity contribution < 1.29 is 9.32 Å². The number of aryl methyl sites for hydroxylation is 3. The molecule has 0 aliphatic carbocycles. The predicted octanol–water partition coefficient (Wildman–Crippen LogP) is 4.98. The molecule has 0 saturated carbocycles. The summed E-state index contributed by atoms with van der Waals surface area (Å²) in [4.78, 5) is 26.6.